The molecule has 140 valence electrons. The lowest BCUT2D eigenvalue weighted by Gasteiger charge is -2.16. The second kappa shape index (κ2) is 7.79. The fourth-order valence-corrected chi connectivity index (χ4v) is 4.03. The number of aromatic nitrogens is 1. The SMILES string of the molecule is CC(C)c1ccc(CN2C[C@@H](Cc3ccc4ccccc4n3)[C@H](O)C2)cc1. The van der Waals surface area contributed by atoms with Gasteiger partial charge in [0.05, 0.1) is 11.6 Å². The highest BCUT2D eigenvalue weighted by Crippen LogP contribution is 2.24. The van der Waals surface area contributed by atoms with Gasteiger partial charge in [-0.15, -0.1) is 0 Å². The lowest BCUT2D eigenvalue weighted by Crippen LogP contribution is -2.21. The predicted octanol–water partition coefficient (Wildman–Crippen LogP) is 4.39. The van der Waals surface area contributed by atoms with Crippen LogP contribution in [0.1, 0.15) is 36.6 Å². The molecule has 3 aromatic rings. The van der Waals surface area contributed by atoms with E-state index in [0.29, 0.717) is 5.92 Å². The minimum atomic E-state index is -0.284. The van der Waals surface area contributed by atoms with Crippen molar-refractivity contribution < 1.29 is 5.11 Å². The molecule has 0 spiro atoms. The molecule has 1 aliphatic rings. The van der Waals surface area contributed by atoms with E-state index in [-0.39, 0.29) is 12.0 Å². The van der Waals surface area contributed by atoms with Crippen LogP contribution in [0.25, 0.3) is 10.9 Å². The third-order valence-corrected chi connectivity index (χ3v) is 5.66. The van der Waals surface area contributed by atoms with E-state index in [1.54, 1.807) is 0 Å². The Bertz CT molecular complexity index is 904. The Labute approximate surface area is 161 Å². The van der Waals surface area contributed by atoms with Gasteiger partial charge < -0.3 is 5.11 Å². The maximum Gasteiger partial charge on any atom is 0.0711 e. The van der Waals surface area contributed by atoms with Crippen LogP contribution in [-0.4, -0.2) is 34.2 Å². The number of β-amino-alcohol motifs (C(OH)–C–C–N with tert-alkyl or cyclic N) is 1. The first-order valence-electron chi connectivity index (χ1n) is 9.92. The van der Waals surface area contributed by atoms with Gasteiger partial charge in [0.2, 0.25) is 0 Å². The third-order valence-electron chi connectivity index (χ3n) is 5.66. The van der Waals surface area contributed by atoms with Gasteiger partial charge >= 0.3 is 0 Å². The summed E-state index contributed by atoms with van der Waals surface area (Å²) in [7, 11) is 0. The molecule has 2 heterocycles. The number of hydrogen-bond donors (Lipinski definition) is 1. The molecule has 1 aliphatic heterocycles. The van der Waals surface area contributed by atoms with E-state index in [1.165, 1.54) is 16.5 Å². The molecule has 0 bridgehead atoms. The van der Waals surface area contributed by atoms with Gasteiger partial charge in [0.15, 0.2) is 0 Å². The highest BCUT2D eigenvalue weighted by molar-refractivity contribution is 5.78. The topological polar surface area (TPSA) is 36.4 Å². The highest BCUT2D eigenvalue weighted by atomic mass is 16.3. The number of aliphatic hydroxyl groups excluding tert-OH is 1. The van der Waals surface area contributed by atoms with Gasteiger partial charge in [-0.2, -0.15) is 0 Å². The maximum atomic E-state index is 10.6. The summed E-state index contributed by atoms with van der Waals surface area (Å²) in [5, 5.41) is 11.7. The van der Waals surface area contributed by atoms with Crippen LogP contribution < -0.4 is 0 Å². The summed E-state index contributed by atoms with van der Waals surface area (Å²) in [5.74, 6) is 0.806. The van der Waals surface area contributed by atoms with Crippen LogP contribution in [0.2, 0.25) is 0 Å². The van der Waals surface area contributed by atoms with E-state index in [9.17, 15) is 5.11 Å². The number of benzene rings is 2. The van der Waals surface area contributed by atoms with Gasteiger partial charge in [-0.25, -0.2) is 0 Å². The fourth-order valence-electron chi connectivity index (χ4n) is 4.03. The van der Waals surface area contributed by atoms with Gasteiger partial charge in [-0.1, -0.05) is 62.4 Å². The Morgan fingerprint density at radius 2 is 1.78 bits per heavy atom. The normalized spacial score (nSPS) is 20.6. The van der Waals surface area contributed by atoms with Gasteiger partial charge in [0.25, 0.3) is 0 Å². The van der Waals surface area contributed by atoms with Crippen molar-refractivity contribution in [3.05, 3.63) is 77.5 Å². The first-order valence-corrected chi connectivity index (χ1v) is 9.92. The average Bonchev–Trinajstić information content (AvgIpc) is 3.01. The summed E-state index contributed by atoms with van der Waals surface area (Å²) in [5.41, 5.74) is 4.79. The molecule has 1 fully saturated rings. The zero-order chi connectivity index (χ0) is 18.8. The molecule has 1 N–H and O–H groups in total. The zero-order valence-electron chi connectivity index (χ0n) is 16.2. The number of aliphatic hydroxyl groups is 1. The molecule has 1 saturated heterocycles. The van der Waals surface area contributed by atoms with E-state index in [1.807, 2.05) is 12.1 Å². The smallest absolute Gasteiger partial charge is 0.0711 e. The molecular weight excluding hydrogens is 332 g/mol. The molecule has 4 rings (SSSR count). The summed E-state index contributed by atoms with van der Waals surface area (Å²) in [6.45, 7) is 7.00. The van der Waals surface area contributed by atoms with Gasteiger partial charge in [0.1, 0.15) is 0 Å². The van der Waals surface area contributed by atoms with Crippen molar-refractivity contribution in [2.24, 2.45) is 5.92 Å². The second-order valence-electron chi connectivity index (χ2n) is 8.12. The lowest BCUT2D eigenvalue weighted by atomic mass is 9.99. The number of fused-ring (bicyclic) bond motifs is 1. The first kappa shape index (κ1) is 18.1. The van der Waals surface area contributed by atoms with Gasteiger partial charge in [-0.3, -0.25) is 9.88 Å². The summed E-state index contributed by atoms with van der Waals surface area (Å²) >= 11 is 0. The Balaban J connectivity index is 1.40. The van der Waals surface area contributed by atoms with Gasteiger partial charge in [0, 0.05) is 36.6 Å². The van der Waals surface area contributed by atoms with E-state index in [4.69, 9.17) is 4.98 Å². The molecule has 0 unspecified atom stereocenters. The molecule has 0 radical (unpaired) electrons. The Morgan fingerprint density at radius 1 is 1.00 bits per heavy atom. The minimum absolute atomic E-state index is 0.244. The van der Waals surface area contributed by atoms with Crippen LogP contribution >= 0.6 is 0 Å². The highest BCUT2D eigenvalue weighted by Gasteiger charge is 2.31. The number of pyridine rings is 1. The lowest BCUT2D eigenvalue weighted by molar-refractivity contribution is 0.140. The van der Waals surface area contributed by atoms with E-state index in [0.717, 1.165) is 37.3 Å². The molecule has 27 heavy (non-hydrogen) atoms. The van der Waals surface area contributed by atoms with Gasteiger partial charge in [-0.05, 0) is 35.6 Å². The van der Waals surface area contributed by atoms with Crippen molar-refractivity contribution >= 4 is 10.9 Å². The third kappa shape index (κ3) is 4.20. The zero-order valence-corrected chi connectivity index (χ0v) is 16.2. The van der Waals surface area contributed by atoms with Crippen LogP contribution in [0.3, 0.4) is 0 Å². The summed E-state index contributed by atoms with van der Waals surface area (Å²) < 4.78 is 0. The molecule has 2 aromatic carbocycles. The van der Waals surface area contributed by atoms with E-state index in [2.05, 4.69) is 67.3 Å². The molecule has 3 nitrogen and oxygen atoms in total. The van der Waals surface area contributed by atoms with Crippen LogP contribution in [-0.2, 0) is 13.0 Å². The number of nitrogens with zero attached hydrogens (tertiary/aromatic N) is 2. The van der Waals surface area contributed by atoms with E-state index < -0.39 is 0 Å². The quantitative estimate of drug-likeness (QED) is 0.733. The Morgan fingerprint density at radius 3 is 2.56 bits per heavy atom. The molecule has 0 aliphatic carbocycles. The molecule has 0 amide bonds. The number of hydrogen-bond acceptors (Lipinski definition) is 3. The maximum absolute atomic E-state index is 10.6. The minimum Gasteiger partial charge on any atom is -0.391 e. The standard InChI is InChI=1S/C24H28N2O/c1-17(2)19-9-7-18(8-10-19)14-26-15-21(24(27)16-26)13-22-12-11-20-5-3-4-6-23(20)25-22/h3-12,17,21,24,27H,13-16H2,1-2H3/t21-,24-/m1/s1. The molecular formula is C24H28N2O. The molecule has 2 atom stereocenters. The van der Waals surface area contributed by atoms with Crippen molar-refractivity contribution in [2.45, 2.75) is 38.8 Å². The van der Waals surface area contributed by atoms with Crippen LogP contribution in [0.4, 0.5) is 0 Å². The number of likely N-dealkylation sites (tertiary alicyclic amines) is 1. The molecule has 0 saturated carbocycles. The van der Waals surface area contributed by atoms with E-state index >= 15 is 0 Å². The van der Waals surface area contributed by atoms with Crippen LogP contribution in [0.5, 0.6) is 0 Å². The second-order valence-corrected chi connectivity index (χ2v) is 8.12. The summed E-state index contributed by atoms with van der Waals surface area (Å²) in [6, 6.07) is 21.3. The monoisotopic (exact) mass is 360 g/mol. The predicted molar refractivity (Wildman–Crippen MR) is 111 cm³/mol. The Kier molecular flexibility index (Phi) is 5.24. The largest absolute Gasteiger partial charge is 0.391 e. The first-order chi connectivity index (χ1) is 13.1. The van der Waals surface area contributed by atoms with Crippen LogP contribution in [0.15, 0.2) is 60.7 Å². The number of para-hydroxylation sites is 1. The van der Waals surface area contributed by atoms with Crippen molar-refractivity contribution in [3.63, 3.8) is 0 Å². The van der Waals surface area contributed by atoms with Crippen LogP contribution in [0, 0.1) is 5.92 Å². The Hall–Kier alpha value is -2.23. The summed E-state index contributed by atoms with van der Waals surface area (Å²) in [4.78, 5) is 7.14. The van der Waals surface area contributed by atoms with Crippen molar-refractivity contribution in [3.8, 4) is 0 Å². The molecule has 1 aromatic heterocycles. The summed E-state index contributed by atoms with van der Waals surface area (Å²) in [6.07, 6.45) is 0.544. The average molecular weight is 361 g/mol. The van der Waals surface area contributed by atoms with Crippen molar-refractivity contribution in [1.29, 1.82) is 0 Å². The van der Waals surface area contributed by atoms with Crippen molar-refractivity contribution in [1.82, 2.24) is 9.88 Å². The number of rotatable bonds is 5. The fraction of sp³-hybridized carbons (Fsp3) is 0.375. The van der Waals surface area contributed by atoms with Crippen molar-refractivity contribution in [2.75, 3.05) is 13.1 Å². The molecule has 3 heteroatoms.